The summed E-state index contributed by atoms with van der Waals surface area (Å²) < 4.78 is 11.2. The Hall–Kier alpha value is -1.15. The van der Waals surface area contributed by atoms with E-state index in [0.29, 0.717) is 12.8 Å². The van der Waals surface area contributed by atoms with Gasteiger partial charge in [0, 0.05) is 0 Å². The van der Waals surface area contributed by atoms with Crippen LogP contribution < -0.4 is 5.32 Å². The molecule has 1 aliphatic heterocycles. The quantitative estimate of drug-likeness (QED) is 0.0215. The third kappa shape index (κ3) is 45.0. The van der Waals surface area contributed by atoms with E-state index in [9.17, 15) is 40.5 Å². The maximum Gasteiger partial charge on any atom is 0.249 e. The third-order valence-corrected chi connectivity index (χ3v) is 17.1. The van der Waals surface area contributed by atoms with E-state index in [0.717, 1.165) is 38.5 Å². The summed E-state index contributed by atoms with van der Waals surface area (Å²) in [4.78, 5) is 13.2. The Bertz CT molecular complexity index is 1290. The molecule has 0 spiro atoms. The van der Waals surface area contributed by atoms with Crippen molar-refractivity contribution in [3.05, 3.63) is 12.2 Å². The molecule has 1 heterocycles. The lowest BCUT2D eigenvalue weighted by Gasteiger charge is -2.40. The average Bonchev–Trinajstić information content (AvgIpc) is 3.46. The Balaban J connectivity index is 2.21. The number of unbranched alkanes of at least 4 members (excludes halogenated alkanes) is 47. The zero-order valence-corrected chi connectivity index (χ0v) is 51.9. The van der Waals surface area contributed by atoms with Crippen molar-refractivity contribution in [2.24, 2.45) is 0 Å². The first-order valence-corrected chi connectivity index (χ1v) is 34.6. The molecule has 1 fully saturated rings. The van der Waals surface area contributed by atoms with Crippen LogP contribution in [-0.2, 0) is 14.3 Å². The van der Waals surface area contributed by atoms with Crippen LogP contribution in [0.1, 0.15) is 348 Å². The molecule has 0 bridgehead atoms. The van der Waals surface area contributed by atoms with Gasteiger partial charge in [0.15, 0.2) is 6.29 Å². The average molecular weight is 1120 g/mol. The summed E-state index contributed by atoms with van der Waals surface area (Å²) in [5, 5.41) is 76.4. The highest BCUT2D eigenvalue weighted by atomic mass is 16.7. The maximum absolute atomic E-state index is 13.2. The highest BCUT2D eigenvalue weighted by molar-refractivity contribution is 5.80. The first-order valence-electron chi connectivity index (χ1n) is 34.6. The number of amides is 1. The Morgan fingerprint density at radius 3 is 1.09 bits per heavy atom. The van der Waals surface area contributed by atoms with Crippen LogP contribution in [-0.4, -0.2) is 110 Å². The number of aliphatic hydroxyl groups is 7. The molecular formula is C68H133NO10. The molecule has 0 aromatic carbocycles. The van der Waals surface area contributed by atoms with Gasteiger partial charge in [-0.15, -0.1) is 0 Å². The molecule has 1 rings (SSSR count). The Morgan fingerprint density at radius 2 is 0.747 bits per heavy atom. The van der Waals surface area contributed by atoms with Gasteiger partial charge in [0.05, 0.1) is 25.4 Å². The van der Waals surface area contributed by atoms with Crippen LogP contribution in [0.2, 0.25) is 0 Å². The van der Waals surface area contributed by atoms with E-state index in [1.807, 2.05) is 0 Å². The van der Waals surface area contributed by atoms with Gasteiger partial charge in [-0.1, -0.05) is 321 Å². The van der Waals surface area contributed by atoms with E-state index in [-0.39, 0.29) is 12.8 Å². The summed E-state index contributed by atoms with van der Waals surface area (Å²) in [5.41, 5.74) is 0. The van der Waals surface area contributed by atoms with Gasteiger partial charge in [0.1, 0.15) is 36.6 Å². The highest BCUT2D eigenvalue weighted by Gasteiger charge is 2.44. The molecule has 1 aliphatic rings. The van der Waals surface area contributed by atoms with Crippen molar-refractivity contribution in [1.29, 1.82) is 0 Å². The van der Waals surface area contributed by atoms with E-state index in [1.165, 1.54) is 270 Å². The first kappa shape index (κ1) is 75.9. The van der Waals surface area contributed by atoms with Crippen LogP contribution in [0.25, 0.3) is 0 Å². The molecule has 0 aromatic rings. The monoisotopic (exact) mass is 1120 g/mol. The number of hydrogen-bond acceptors (Lipinski definition) is 10. The number of ether oxygens (including phenoxy) is 2. The van der Waals surface area contributed by atoms with Crippen molar-refractivity contribution in [1.82, 2.24) is 5.32 Å². The molecule has 0 aliphatic carbocycles. The minimum absolute atomic E-state index is 0.260. The number of allylic oxidation sites excluding steroid dienone is 2. The van der Waals surface area contributed by atoms with Crippen LogP contribution in [0.3, 0.4) is 0 Å². The van der Waals surface area contributed by atoms with Gasteiger partial charge in [0.2, 0.25) is 5.91 Å². The van der Waals surface area contributed by atoms with E-state index in [2.05, 4.69) is 31.3 Å². The van der Waals surface area contributed by atoms with Crippen molar-refractivity contribution < 1.29 is 50.0 Å². The van der Waals surface area contributed by atoms with Gasteiger partial charge in [-0.2, -0.15) is 0 Å². The molecule has 470 valence electrons. The molecule has 0 aromatic heterocycles. The molecule has 1 amide bonds. The molecule has 8 N–H and O–H groups in total. The number of carbonyl (C=O) groups is 1. The van der Waals surface area contributed by atoms with Crippen molar-refractivity contribution in [2.75, 3.05) is 13.2 Å². The van der Waals surface area contributed by atoms with Gasteiger partial charge >= 0.3 is 0 Å². The number of hydrogen-bond donors (Lipinski definition) is 8. The predicted molar refractivity (Wildman–Crippen MR) is 330 cm³/mol. The largest absolute Gasteiger partial charge is 0.394 e. The van der Waals surface area contributed by atoms with Crippen molar-refractivity contribution in [3.63, 3.8) is 0 Å². The molecule has 0 radical (unpaired) electrons. The number of aliphatic hydroxyl groups excluding tert-OH is 7. The fourth-order valence-corrected chi connectivity index (χ4v) is 11.5. The second kappa shape index (κ2) is 57.3. The van der Waals surface area contributed by atoms with Gasteiger partial charge in [-0.05, 0) is 38.5 Å². The van der Waals surface area contributed by atoms with Crippen LogP contribution in [0.15, 0.2) is 12.2 Å². The lowest BCUT2D eigenvalue weighted by Crippen LogP contribution is -2.60. The summed E-state index contributed by atoms with van der Waals surface area (Å²) in [5.74, 6) is -0.698. The molecule has 11 nitrogen and oxygen atoms in total. The third-order valence-electron chi connectivity index (χ3n) is 17.1. The van der Waals surface area contributed by atoms with Crippen LogP contribution in [0, 0.1) is 0 Å². The Morgan fingerprint density at radius 1 is 0.430 bits per heavy atom. The first-order chi connectivity index (χ1) is 38.7. The molecule has 9 unspecified atom stereocenters. The van der Waals surface area contributed by atoms with Crippen molar-refractivity contribution in [2.45, 2.75) is 403 Å². The summed E-state index contributed by atoms with van der Waals surface area (Å²) in [6.45, 7) is 3.51. The lowest BCUT2D eigenvalue weighted by molar-refractivity contribution is -0.303. The molecular weight excluding hydrogens is 991 g/mol. The SMILES string of the molecule is CCCCCCCCCCCCCCCCCCCCC/C=C/CCCC(O)C(O)C(COC1OC(CO)C(O)C(O)C1O)NC(=O)C(O)CCCCCCCCCCCCCCCCCCCCCCCCCCCCCC. The summed E-state index contributed by atoms with van der Waals surface area (Å²) >= 11 is 0. The molecule has 11 heteroatoms. The highest BCUT2D eigenvalue weighted by Crippen LogP contribution is 2.24. The van der Waals surface area contributed by atoms with Crippen LogP contribution in [0.5, 0.6) is 0 Å². The zero-order valence-electron chi connectivity index (χ0n) is 51.9. The van der Waals surface area contributed by atoms with Crippen molar-refractivity contribution >= 4 is 5.91 Å². The number of carbonyl (C=O) groups excluding carboxylic acids is 1. The summed E-state index contributed by atoms with van der Waals surface area (Å²) in [7, 11) is 0. The number of nitrogens with one attached hydrogen (secondary N) is 1. The minimum atomic E-state index is -1.67. The smallest absolute Gasteiger partial charge is 0.249 e. The second-order valence-corrected chi connectivity index (χ2v) is 24.6. The standard InChI is InChI=1S/C68H133NO10/c1-3-5-7-9-11-13-15-17-19-21-23-25-27-29-30-31-32-34-36-38-40-42-44-46-48-50-52-54-56-61(72)67(77)69-59(58-78-68-66(76)65(75)64(74)62(57-70)79-68)63(73)60(71)55-53-51-49-47-45-43-41-39-37-35-33-28-26-24-22-20-18-16-14-12-10-8-6-4-2/h47,49,59-66,68,70-76H,3-46,48,50-58H2,1-2H3,(H,69,77)/b49-47+. The molecule has 0 saturated carbocycles. The molecule has 1 saturated heterocycles. The van der Waals surface area contributed by atoms with Gasteiger partial charge in [0.25, 0.3) is 0 Å². The van der Waals surface area contributed by atoms with E-state index in [4.69, 9.17) is 9.47 Å². The number of rotatable bonds is 61. The summed E-state index contributed by atoms with van der Waals surface area (Å²) in [6.07, 6.45) is 58.7. The fourth-order valence-electron chi connectivity index (χ4n) is 11.5. The lowest BCUT2D eigenvalue weighted by atomic mass is 9.98. The van der Waals surface area contributed by atoms with Gasteiger partial charge in [-0.3, -0.25) is 4.79 Å². The van der Waals surface area contributed by atoms with Crippen LogP contribution >= 0.6 is 0 Å². The van der Waals surface area contributed by atoms with E-state index >= 15 is 0 Å². The van der Waals surface area contributed by atoms with E-state index < -0.39 is 74.2 Å². The fraction of sp³-hybridized carbons (Fsp3) is 0.956. The zero-order chi connectivity index (χ0) is 57.5. The van der Waals surface area contributed by atoms with E-state index in [1.54, 1.807) is 0 Å². The van der Waals surface area contributed by atoms with Gasteiger partial charge < -0.3 is 50.5 Å². The Kier molecular flexibility index (Phi) is 55.0. The van der Waals surface area contributed by atoms with Gasteiger partial charge in [-0.25, -0.2) is 0 Å². The maximum atomic E-state index is 13.2. The topological polar surface area (TPSA) is 189 Å². The van der Waals surface area contributed by atoms with Crippen LogP contribution in [0.4, 0.5) is 0 Å². The molecule has 79 heavy (non-hydrogen) atoms. The summed E-state index contributed by atoms with van der Waals surface area (Å²) in [6, 6.07) is -1.18. The van der Waals surface area contributed by atoms with Crippen molar-refractivity contribution in [3.8, 4) is 0 Å². The second-order valence-electron chi connectivity index (χ2n) is 24.6. The predicted octanol–water partition coefficient (Wildman–Crippen LogP) is 16.3. The molecule has 9 atom stereocenters. The Labute approximate surface area is 487 Å². The normalized spacial score (nSPS) is 19.3. The minimum Gasteiger partial charge on any atom is -0.394 e.